The van der Waals surface area contributed by atoms with E-state index in [1.165, 1.54) is 37.3 Å². The molecule has 4 heteroatoms. The summed E-state index contributed by atoms with van der Waals surface area (Å²) in [6.45, 7) is 10.4. The van der Waals surface area contributed by atoms with E-state index in [1.807, 2.05) is 0 Å². The van der Waals surface area contributed by atoms with Gasteiger partial charge in [0.05, 0.1) is 0 Å². The molecule has 0 bridgehead atoms. The second-order valence-corrected chi connectivity index (χ2v) is 6.71. The summed E-state index contributed by atoms with van der Waals surface area (Å²) in [7, 11) is 0. The summed E-state index contributed by atoms with van der Waals surface area (Å²) >= 11 is 0. The van der Waals surface area contributed by atoms with E-state index >= 15 is 0 Å². The van der Waals surface area contributed by atoms with Crippen molar-refractivity contribution in [1.29, 1.82) is 0 Å². The quantitative estimate of drug-likeness (QED) is 0.893. The average molecular weight is 287 g/mol. The summed E-state index contributed by atoms with van der Waals surface area (Å²) in [4.78, 5) is 5.19. The van der Waals surface area contributed by atoms with Gasteiger partial charge >= 0.3 is 0 Å². The van der Waals surface area contributed by atoms with Crippen LogP contribution in [0.4, 0.5) is 0 Å². The molecule has 0 radical (unpaired) electrons. The Labute approximate surface area is 127 Å². The highest BCUT2D eigenvalue weighted by atomic mass is 16.5. The molecule has 114 valence electrons. The predicted molar refractivity (Wildman–Crippen MR) is 84.0 cm³/mol. The first kappa shape index (κ1) is 13.6. The van der Waals surface area contributed by atoms with Crippen molar-refractivity contribution < 1.29 is 4.74 Å². The molecule has 4 nitrogen and oxygen atoms in total. The zero-order valence-electron chi connectivity index (χ0n) is 12.8. The Kier molecular flexibility index (Phi) is 3.61. The fraction of sp³-hybridized carbons (Fsp3) is 0.647. The third-order valence-corrected chi connectivity index (χ3v) is 5.02. The highest BCUT2D eigenvalue weighted by molar-refractivity contribution is 5.40. The van der Waals surface area contributed by atoms with E-state index in [0.717, 1.165) is 37.8 Å². The van der Waals surface area contributed by atoms with E-state index in [9.17, 15) is 0 Å². The molecule has 0 aliphatic carbocycles. The number of fused-ring (bicyclic) bond motifs is 1. The Balaban J connectivity index is 1.26. The second kappa shape index (κ2) is 5.59. The molecule has 3 aliphatic rings. The number of likely N-dealkylation sites (tertiary alicyclic amines) is 1. The molecule has 1 aromatic carbocycles. The van der Waals surface area contributed by atoms with Crippen molar-refractivity contribution >= 4 is 0 Å². The van der Waals surface area contributed by atoms with Gasteiger partial charge < -0.3 is 10.1 Å². The van der Waals surface area contributed by atoms with Crippen LogP contribution in [0.1, 0.15) is 11.1 Å². The highest BCUT2D eigenvalue weighted by Crippen LogP contribution is 2.30. The van der Waals surface area contributed by atoms with Crippen LogP contribution < -0.4 is 10.1 Å². The number of rotatable bonds is 3. The molecule has 3 aliphatic heterocycles. The summed E-state index contributed by atoms with van der Waals surface area (Å²) in [6, 6.07) is 7.32. The maximum atomic E-state index is 6.08. The van der Waals surface area contributed by atoms with Crippen LogP contribution in [0.3, 0.4) is 0 Å². The lowest BCUT2D eigenvalue weighted by Gasteiger charge is -2.47. The minimum Gasteiger partial charge on any atom is -0.488 e. The number of aryl methyl sites for hydroxylation is 1. The lowest BCUT2D eigenvalue weighted by molar-refractivity contribution is 0.00803. The third kappa shape index (κ3) is 2.80. The van der Waals surface area contributed by atoms with E-state index in [1.54, 1.807) is 0 Å². The van der Waals surface area contributed by atoms with Gasteiger partial charge in [0.15, 0.2) is 0 Å². The highest BCUT2D eigenvalue weighted by Gasteiger charge is 2.35. The van der Waals surface area contributed by atoms with Gasteiger partial charge in [0.2, 0.25) is 0 Å². The lowest BCUT2D eigenvalue weighted by atomic mass is 10.0. The van der Waals surface area contributed by atoms with Crippen molar-refractivity contribution in [3.8, 4) is 5.75 Å². The maximum Gasteiger partial charge on any atom is 0.123 e. The molecule has 1 N–H and O–H groups in total. The van der Waals surface area contributed by atoms with Gasteiger partial charge in [0, 0.05) is 58.3 Å². The fourth-order valence-electron chi connectivity index (χ4n) is 3.81. The van der Waals surface area contributed by atoms with Crippen molar-refractivity contribution in [2.24, 2.45) is 0 Å². The molecule has 0 saturated carbocycles. The molecule has 2 saturated heterocycles. The van der Waals surface area contributed by atoms with Gasteiger partial charge in [0.25, 0.3) is 0 Å². The van der Waals surface area contributed by atoms with Crippen LogP contribution >= 0.6 is 0 Å². The zero-order chi connectivity index (χ0) is 14.2. The number of hydrogen-bond donors (Lipinski definition) is 1. The van der Waals surface area contributed by atoms with Crippen LogP contribution in [0.5, 0.6) is 5.75 Å². The van der Waals surface area contributed by atoms with Crippen LogP contribution in [-0.2, 0) is 6.42 Å². The first-order valence-electron chi connectivity index (χ1n) is 8.21. The van der Waals surface area contributed by atoms with Crippen molar-refractivity contribution in [2.75, 3.05) is 45.8 Å². The van der Waals surface area contributed by atoms with Crippen molar-refractivity contribution in [1.82, 2.24) is 15.1 Å². The van der Waals surface area contributed by atoms with Gasteiger partial charge in [-0.15, -0.1) is 0 Å². The van der Waals surface area contributed by atoms with Crippen LogP contribution in [-0.4, -0.2) is 67.8 Å². The number of piperazine rings is 1. The minimum atomic E-state index is 0.353. The largest absolute Gasteiger partial charge is 0.488 e. The van der Waals surface area contributed by atoms with Crippen LogP contribution in [0.2, 0.25) is 0 Å². The molecule has 21 heavy (non-hydrogen) atoms. The Morgan fingerprint density at radius 3 is 2.86 bits per heavy atom. The molecule has 0 spiro atoms. The molecular formula is C17H25N3O. The first-order valence-corrected chi connectivity index (χ1v) is 8.21. The molecule has 1 unspecified atom stereocenters. The van der Waals surface area contributed by atoms with Gasteiger partial charge in [-0.2, -0.15) is 0 Å². The predicted octanol–water partition coefficient (Wildman–Crippen LogP) is 0.888. The smallest absolute Gasteiger partial charge is 0.123 e. The van der Waals surface area contributed by atoms with E-state index in [2.05, 4.69) is 40.2 Å². The van der Waals surface area contributed by atoms with Crippen LogP contribution in [0, 0.1) is 6.92 Å². The van der Waals surface area contributed by atoms with Crippen molar-refractivity contribution in [3.05, 3.63) is 29.3 Å². The summed E-state index contributed by atoms with van der Waals surface area (Å²) < 4.78 is 6.08. The maximum absolute atomic E-state index is 6.08. The van der Waals surface area contributed by atoms with Crippen LogP contribution in [0.15, 0.2) is 18.2 Å². The monoisotopic (exact) mass is 287 g/mol. The summed E-state index contributed by atoms with van der Waals surface area (Å²) in [6.07, 6.45) is 1.43. The number of nitrogens with zero attached hydrogens (tertiary/aromatic N) is 2. The first-order chi connectivity index (χ1) is 10.3. The summed E-state index contributed by atoms with van der Waals surface area (Å²) in [5, 5.41) is 3.43. The molecule has 2 fully saturated rings. The molecule has 1 atom stereocenters. The topological polar surface area (TPSA) is 27.7 Å². The molecular weight excluding hydrogens is 262 g/mol. The zero-order valence-corrected chi connectivity index (χ0v) is 12.8. The van der Waals surface area contributed by atoms with E-state index < -0.39 is 0 Å². The minimum absolute atomic E-state index is 0.353. The fourth-order valence-corrected chi connectivity index (χ4v) is 3.81. The SMILES string of the molecule is Cc1ccc2c(c1)CC(CN1CC(N3CCNCC3)C1)O2. The van der Waals surface area contributed by atoms with Gasteiger partial charge in [-0.1, -0.05) is 17.7 Å². The van der Waals surface area contributed by atoms with E-state index in [-0.39, 0.29) is 0 Å². The third-order valence-electron chi connectivity index (χ3n) is 5.02. The van der Waals surface area contributed by atoms with E-state index in [4.69, 9.17) is 4.74 Å². The van der Waals surface area contributed by atoms with Gasteiger partial charge in [-0.05, 0) is 18.6 Å². The number of nitrogens with one attached hydrogen (secondary N) is 1. The van der Waals surface area contributed by atoms with Crippen molar-refractivity contribution in [2.45, 2.75) is 25.5 Å². The van der Waals surface area contributed by atoms with Gasteiger partial charge in [-0.25, -0.2) is 0 Å². The normalized spacial score (nSPS) is 27.2. The summed E-state index contributed by atoms with van der Waals surface area (Å²) in [5.41, 5.74) is 2.72. The molecule has 4 rings (SSSR count). The molecule has 1 aromatic rings. The summed E-state index contributed by atoms with van der Waals surface area (Å²) in [5.74, 6) is 1.10. The number of hydrogen-bond acceptors (Lipinski definition) is 4. The molecule has 0 aromatic heterocycles. The Hall–Kier alpha value is -1.10. The Bertz CT molecular complexity index is 507. The van der Waals surface area contributed by atoms with Crippen LogP contribution in [0.25, 0.3) is 0 Å². The van der Waals surface area contributed by atoms with E-state index in [0.29, 0.717) is 6.10 Å². The Morgan fingerprint density at radius 1 is 1.24 bits per heavy atom. The molecule has 3 heterocycles. The average Bonchev–Trinajstić information content (AvgIpc) is 2.85. The molecule has 0 amide bonds. The number of benzene rings is 1. The Morgan fingerprint density at radius 2 is 2.05 bits per heavy atom. The standard InChI is InChI=1S/C17H25N3O/c1-13-2-3-17-14(8-13)9-16(21-17)12-19-10-15(11-19)20-6-4-18-5-7-20/h2-3,8,15-16,18H,4-7,9-12H2,1H3. The second-order valence-electron chi connectivity index (χ2n) is 6.71. The van der Waals surface area contributed by atoms with Crippen molar-refractivity contribution in [3.63, 3.8) is 0 Å². The van der Waals surface area contributed by atoms with Gasteiger partial charge in [-0.3, -0.25) is 9.80 Å². The lowest BCUT2D eigenvalue weighted by Crippen LogP contribution is -2.63. The number of ether oxygens (including phenoxy) is 1. The van der Waals surface area contributed by atoms with Gasteiger partial charge in [0.1, 0.15) is 11.9 Å².